The Hall–Kier alpha value is -0.560. The van der Waals surface area contributed by atoms with Crippen molar-refractivity contribution in [3.63, 3.8) is 0 Å². The Morgan fingerprint density at radius 1 is 1.10 bits per heavy atom. The summed E-state index contributed by atoms with van der Waals surface area (Å²) in [7, 11) is 0. The van der Waals surface area contributed by atoms with Gasteiger partial charge in [0.2, 0.25) is 0 Å². The highest BCUT2D eigenvalue weighted by atomic mass is 16.3. The molecule has 30 heavy (non-hydrogen) atoms. The summed E-state index contributed by atoms with van der Waals surface area (Å²) in [6.45, 7) is 14.8. The van der Waals surface area contributed by atoms with Crippen molar-refractivity contribution in [3.05, 3.63) is 23.3 Å². The van der Waals surface area contributed by atoms with Crippen LogP contribution in [0.2, 0.25) is 0 Å². The highest BCUT2D eigenvalue weighted by Crippen LogP contribution is 2.67. The van der Waals surface area contributed by atoms with Crippen LogP contribution in [0.3, 0.4) is 0 Å². The van der Waals surface area contributed by atoms with Crippen LogP contribution in [0.4, 0.5) is 0 Å². The lowest BCUT2D eigenvalue weighted by Crippen LogP contribution is -2.50. The van der Waals surface area contributed by atoms with Crippen LogP contribution in [-0.4, -0.2) is 11.2 Å². The van der Waals surface area contributed by atoms with Crippen molar-refractivity contribution >= 4 is 0 Å². The van der Waals surface area contributed by atoms with E-state index in [0.717, 1.165) is 42.4 Å². The summed E-state index contributed by atoms with van der Waals surface area (Å²) in [6, 6.07) is 0. The van der Waals surface area contributed by atoms with E-state index < -0.39 is 0 Å². The molecule has 0 aromatic heterocycles. The largest absolute Gasteiger partial charge is 0.393 e. The van der Waals surface area contributed by atoms with Crippen LogP contribution in [0.25, 0.3) is 0 Å². The van der Waals surface area contributed by atoms with Crippen molar-refractivity contribution in [3.8, 4) is 0 Å². The number of aliphatic hydroxyl groups excluding tert-OH is 1. The lowest BCUT2D eigenvalue weighted by molar-refractivity contribution is -0.0565. The molecule has 0 aromatic carbocycles. The van der Waals surface area contributed by atoms with Gasteiger partial charge in [0.05, 0.1) is 6.10 Å². The van der Waals surface area contributed by atoms with Crippen LogP contribution in [0.1, 0.15) is 106 Å². The number of aliphatic hydroxyl groups is 1. The van der Waals surface area contributed by atoms with E-state index in [1.165, 1.54) is 51.4 Å². The van der Waals surface area contributed by atoms with Gasteiger partial charge in [-0.05, 0) is 111 Å². The normalized spacial score (nSPS) is 44.9. The summed E-state index contributed by atoms with van der Waals surface area (Å²) in [5.74, 6) is 5.09. The van der Waals surface area contributed by atoms with Crippen molar-refractivity contribution in [2.24, 2.45) is 46.3 Å². The van der Waals surface area contributed by atoms with Gasteiger partial charge in [-0.15, -0.1) is 0 Å². The molecule has 0 amide bonds. The SMILES string of the molecule is CCC(=CC[C@@H](C)[C@H]1CC[C@H]2[C@@H]3CC=C4C[C@@H](O)CC[C@]4(C)[C@H]3CC[C@]12C)C(C)C. The van der Waals surface area contributed by atoms with Gasteiger partial charge in [-0.2, -0.15) is 0 Å². The predicted molar refractivity (Wildman–Crippen MR) is 128 cm³/mol. The monoisotopic (exact) mass is 412 g/mol. The summed E-state index contributed by atoms with van der Waals surface area (Å²) in [5.41, 5.74) is 4.19. The number of hydrogen-bond acceptors (Lipinski definition) is 1. The first-order valence-corrected chi connectivity index (χ1v) is 13.3. The zero-order chi connectivity index (χ0) is 21.7. The van der Waals surface area contributed by atoms with Crippen LogP contribution in [0, 0.1) is 46.3 Å². The molecule has 0 aromatic rings. The fourth-order valence-corrected chi connectivity index (χ4v) is 8.91. The van der Waals surface area contributed by atoms with Gasteiger partial charge >= 0.3 is 0 Å². The number of rotatable bonds is 5. The standard InChI is InChI=1S/C29H48O/c1-7-21(19(2)3)9-8-20(4)25-12-13-26-24-11-10-22-18-23(30)14-16-28(22,5)27(24)15-17-29(25,26)6/h9-10,19-20,23-27,30H,7-8,11-18H2,1-6H3/t20-,23+,24+,25-,26+,27+,28+,29-/m1/s1. The molecule has 3 fully saturated rings. The van der Waals surface area contributed by atoms with E-state index >= 15 is 0 Å². The van der Waals surface area contributed by atoms with Crippen molar-refractivity contribution in [1.29, 1.82) is 0 Å². The maximum absolute atomic E-state index is 10.2. The highest BCUT2D eigenvalue weighted by molar-refractivity contribution is 5.25. The Bertz CT molecular complexity index is 686. The number of allylic oxidation sites excluding steroid dienone is 3. The summed E-state index contributed by atoms with van der Waals surface area (Å²) in [6.07, 6.45) is 17.8. The molecule has 1 nitrogen and oxygen atoms in total. The molecular weight excluding hydrogens is 364 g/mol. The first-order chi connectivity index (χ1) is 14.2. The maximum atomic E-state index is 10.2. The van der Waals surface area contributed by atoms with Crippen molar-refractivity contribution in [1.82, 2.24) is 0 Å². The molecular formula is C29H48O. The minimum Gasteiger partial charge on any atom is -0.393 e. The molecule has 4 aliphatic carbocycles. The van der Waals surface area contributed by atoms with Crippen LogP contribution >= 0.6 is 0 Å². The molecule has 0 aliphatic heterocycles. The fraction of sp³-hybridized carbons (Fsp3) is 0.862. The number of hydrogen-bond donors (Lipinski definition) is 1. The third-order valence-corrected chi connectivity index (χ3v) is 10.7. The second-order valence-corrected chi connectivity index (χ2v) is 12.4. The molecule has 0 spiro atoms. The van der Waals surface area contributed by atoms with Crippen molar-refractivity contribution < 1.29 is 5.11 Å². The lowest BCUT2D eigenvalue weighted by atomic mass is 9.47. The molecule has 4 rings (SSSR count). The van der Waals surface area contributed by atoms with Crippen molar-refractivity contribution in [2.75, 3.05) is 0 Å². The average Bonchev–Trinajstić information content (AvgIpc) is 3.06. The lowest BCUT2D eigenvalue weighted by Gasteiger charge is -2.58. The molecule has 0 radical (unpaired) electrons. The summed E-state index contributed by atoms with van der Waals surface area (Å²) >= 11 is 0. The maximum Gasteiger partial charge on any atom is 0.0577 e. The van der Waals surface area contributed by atoms with Crippen LogP contribution in [0.5, 0.6) is 0 Å². The van der Waals surface area contributed by atoms with Gasteiger partial charge in [-0.25, -0.2) is 0 Å². The Balaban J connectivity index is 1.51. The Morgan fingerprint density at radius 2 is 1.87 bits per heavy atom. The van der Waals surface area contributed by atoms with E-state index in [2.05, 4.69) is 53.7 Å². The predicted octanol–water partition coefficient (Wildman–Crippen LogP) is 7.94. The van der Waals surface area contributed by atoms with Gasteiger partial charge in [0.1, 0.15) is 0 Å². The zero-order valence-corrected chi connectivity index (χ0v) is 20.7. The molecule has 0 unspecified atom stereocenters. The van der Waals surface area contributed by atoms with Gasteiger partial charge in [0.15, 0.2) is 0 Å². The van der Waals surface area contributed by atoms with Gasteiger partial charge in [0.25, 0.3) is 0 Å². The van der Waals surface area contributed by atoms with E-state index in [1.54, 1.807) is 11.1 Å². The second kappa shape index (κ2) is 8.42. The fourth-order valence-electron chi connectivity index (χ4n) is 8.91. The summed E-state index contributed by atoms with van der Waals surface area (Å²) in [5, 5.41) is 10.2. The molecule has 170 valence electrons. The molecule has 8 atom stereocenters. The smallest absolute Gasteiger partial charge is 0.0577 e. The minimum absolute atomic E-state index is 0.0849. The van der Waals surface area contributed by atoms with Gasteiger partial charge in [-0.3, -0.25) is 0 Å². The molecule has 0 saturated heterocycles. The Labute approximate surface area is 186 Å². The minimum atomic E-state index is -0.0849. The van der Waals surface area contributed by atoms with Gasteiger partial charge < -0.3 is 5.11 Å². The zero-order valence-electron chi connectivity index (χ0n) is 20.7. The second-order valence-electron chi connectivity index (χ2n) is 12.4. The van der Waals surface area contributed by atoms with Crippen molar-refractivity contribution in [2.45, 2.75) is 112 Å². The van der Waals surface area contributed by atoms with E-state index in [9.17, 15) is 5.11 Å². The molecule has 4 aliphatic rings. The third kappa shape index (κ3) is 3.66. The van der Waals surface area contributed by atoms with Gasteiger partial charge in [0, 0.05) is 0 Å². The Morgan fingerprint density at radius 3 is 2.57 bits per heavy atom. The first-order valence-electron chi connectivity index (χ1n) is 13.3. The van der Waals surface area contributed by atoms with E-state index in [4.69, 9.17) is 0 Å². The summed E-state index contributed by atoms with van der Waals surface area (Å²) in [4.78, 5) is 0. The molecule has 1 heteroatoms. The van der Waals surface area contributed by atoms with E-state index in [1.807, 2.05) is 0 Å². The average molecular weight is 413 g/mol. The molecule has 3 saturated carbocycles. The molecule has 1 N–H and O–H groups in total. The quantitative estimate of drug-likeness (QED) is 0.454. The molecule has 0 bridgehead atoms. The third-order valence-electron chi connectivity index (χ3n) is 10.7. The van der Waals surface area contributed by atoms with E-state index in [0.29, 0.717) is 16.7 Å². The highest BCUT2D eigenvalue weighted by Gasteiger charge is 2.59. The number of fused-ring (bicyclic) bond motifs is 5. The van der Waals surface area contributed by atoms with Gasteiger partial charge in [-0.1, -0.05) is 64.8 Å². The molecule has 0 heterocycles. The topological polar surface area (TPSA) is 20.2 Å². The van der Waals surface area contributed by atoms with E-state index in [-0.39, 0.29) is 6.10 Å². The van der Waals surface area contributed by atoms with Crippen LogP contribution < -0.4 is 0 Å². The summed E-state index contributed by atoms with van der Waals surface area (Å²) < 4.78 is 0. The Kier molecular flexibility index (Phi) is 6.35. The van der Waals surface area contributed by atoms with Crippen LogP contribution in [0.15, 0.2) is 23.3 Å². The first kappa shape index (κ1) is 22.6. The van der Waals surface area contributed by atoms with Crippen LogP contribution in [-0.2, 0) is 0 Å².